The lowest BCUT2D eigenvalue weighted by Gasteiger charge is -2.22. The lowest BCUT2D eigenvalue weighted by atomic mass is 9.87. The van der Waals surface area contributed by atoms with Crippen LogP contribution in [0, 0.1) is 0 Å². The van der Waals surface area contributed by atoms with Crippen LogP contribution in [0.25, 0.3) is 0 Å². The van der Waals surface area contributed by atoms with E-state index in [-0.39, 0.29) is 17.4 Å². The van der Waals surface area contributed by atoms with Crippen molar-refractivity contribution >= 4 is 27.3 Å². The molecule has 27 heavy (non-hydrogen) atoms. The van der Waals surface area contributed by atoms with Crippen molar-refractivity contribution in [1.29, 1.82) is 0 Å². The summed E-state index contributed by atoms with van der Waals surface area (Å²) in [6.07, 6.45) is 2.99. The Kier molecular flexibility index (Phi) is 5.04. The first kappa shape index (κ1) is 19.4. The van der Waals surface area contributed by atoms with E-state index in [1.807, 2.05) is 24.3 Å². The third kappa shape index (κ3) is 4.69. The van der Waals surface area contributed by atoms with E-state index in [1.165, 1.54) is 16.1 Å². The highest BCUT2D eigenvalue weighted by molar-refractivity contribution is 7.92. The maximum Gasteiger partial charge on any atom is 0.255 e. The molecule has 0 heterocycles. The van der Waals surface area contributed by atoms with Crippen molar-refractivity contribution in [3.63, 3.8) is 0 Å². The van der Waals surface area contributed by atoms with Crippen LogP contribution in [0.15, 0.2) is 48.5 Å². The number of anilines is 2. The van der Waals surface area contributed by atoms with Crippen LogP contribution in [0.5, 0.6) is 0 Å². The van der Waals surface area contributed by atoms with Crippen molar-refractivity contribution < 1.29 is 13.2 Å². The van der Waals surface area contributed by atoms with E-state index in [2.05, 4.69) is 26.1 Å². The van der Waals surface area contributed by atoms with Gasteiger partial charge in [0, 0.05) is 17.3 Å². The summed E-state index contributed by atoms with van der Waals surface area (Å²) < 4.78 is 25.5. The lowest BCUT2D eigenvalue weighted by molar-refractivity contribution is 0.102. The predicted molar refractivity (Wildman–Crippen MR) is 110 cm³/mol. The molecule has 1 aliphatic carbocycles. The Morgan fingerprint density at radius 3 is 2.00 bits per heavy atom. The van der Waals surface area contributed by atoms with Gasteiger partial charge in [0.2, 0.25) is 10.0 Å². The maximum atomic E-state index is 12.5. The first-order chi connectivity index (χ1) is 12.6. The Labute approximate surface area is 161 Å². The van der Waals surface area contributed by atoms with Crippen molar-refractivity contribution in [3.05, 3.63) is 59.7 Å². The van der Waals surface area contributed by atoms with Gasteiger partial charge >= 0.3 is 0 Å². The van der Waals surface area contributed by atoms with Crippen LogP contribution in [0.3, 0.4) is 0 Å². The molecule has 1 saturated carbocycles. The van der Waals surface area contributed by atoms with Gasteiger partial charge in [-0.25, -0.2) is 8.42 Å². The Hall–Kier alpha value is -2.34. The van der Waals surface area contributed by atoms with E-state index < -0.39 is 10.0 Å². The van der Waals surface area contributed by atoms with Gasteiger partial charge < -0.3 is 5.32 Å². The summed E-state index contributed by atoms with van der Waals surface area (Å²) >= 11 is 0. The van der Waals surface area contributed by atoms with Gasteiger partial charge in [0.25, 0.3) is 5.91 Å². The third-order valence-corrected chi connectivity index (χ3v) is 5.85. The van der Waals surface area contributed by atoms with Crippen LogP contribution in [0.2, 0.25) is 0 Å². The summed E-state index contributed by atoms with van der Waals surface area (Å²) in [5, 5.41) is 2.86. The summed E-state index contributed by atoms with van der Waals surface area (Å²) in [6, 6.07) is 14.6. The maximum absolute atomic E-state index is 12.5. The molecule has 0 spiro atoms. The molecule has 2 aromatic carbocycles. The number of nitrogens with one attached hydrogen (secondary N) is 1. The fourth-order valence-electron chi connectivity index (χ4n) is 3.00. The van der Waals surface area contributed by atoms with Crippen LogP contribution in [0.1, 0.15) is 49.5 Å². The predicted octanol–water partition coefficient (Wildman–Crippen LogP) is 4.16. The summed E-state index contributed by atoms with van der Waals surface area (Å²) in [4.78, 5) is 12.5. The molecular weight excluding hydrogens is 360 g/mol. The fourth-order valence-corrected chi connectivity index (χ4v) is 4.26. The molecule has 1 fully saturated rings. The van der Waals surface area contributed by atoms with Crippen LogP contribution < -0.4 is 9.62 Å². The first-order valence-corrected chi connectivity index (χ1v) is 10.9. The van der Waals surface area contributed by atoms with E-state index in [0.29, 0.717) is 16.9 Å². The molecule has 3 rings (SSSR count). The number of carbonyl (C=O) groups is 1. The van der Waals surface area contributed by atoms with E-state index >= 15 is 0 Å². The molecule has 0 aliphatic heterocycles. The van der Waals surface area contributed by atoms with Gasteiger partial charge in [0.1, 0.15) is 0 Å². The fraction of sp³-hybridized carbons (Fsp3) is 0.381. The zero-order chi connectivity index (χ0) is 19.8. The van der Waals surface area contributed by atoms with E-state index in [9.17, 15) is 13.2 Å². The molecule has 2 aromatic rings. The number of sulfonamides is 1. The van der Waals surface area contributed by atoms with E-state index in [0.717, 1.165) is 12.8 Å². The van der Waals surface area contributed by atoms with Crippen molar-refractivity contribution in [2.45, 2.75) is 45.1 Å². The quantitative estimate of drug-likeness (QED) is 0.839. The highest BCUT2D eigenvalue weighted by atomic mass is 32.2. The molecule has 0 unspecified atom stereocenters. The summed E-state index contributed by atoms with van der Waals surface area (Å²) in [7, 11) is -3.30. The van der Waals surface area contributed by atoms with Crippen LogP contribution in [-0.2, 0) is 15.4 Å². The van der Waals surface area contributed by atoms with Gasteiger partial charge in [0.15, 0.2) is 0 Å². The van der Waals surface area contributed by atoms with Gasteiger partial charge in [-0.05, 0) is 60.2 Å². The molecule has 1 amide bonds. The minimum absolute atomic E-state index is 0.0396. The molecule has 1 aliphatic rings. The average Bonchev–Trinajstić information content (AvgIpc) is 3.39. The normalized spacial score (nSPS) is 14.7. The molecule has 6 heteroatoms. The number of hydrogen-bond donors (Lipinski definition) is 1. The Morgan fingerprint density at radius 1 is 1.00 bits per heavy atom. The van der Waals surface area contributed by atoms with Crippen LogP contribution in [0.4, 0.5) is 11.4 Å². The number of rotatable bonds is 5. The van der Waals surface area contributed by atoms with Crippen LogP contribution >= 0.6 is 0 Å². The molecule has 1 N–H and O–H groups in total. The van der Waals surface area contributed by atoms with Gasteiger partial charge in [-0.2, -0.15) is 0 Å². The van der Waals surface area contributed by atoms with Gasteiger partial charge in [-0.1, -0.05) is 32.9 Å². The number of carbonyl (C=O) groups excluding carboxylic acids is 1. The summed E-state index contributed by atoms with van der Waals surface area (Å²) in [6.45, 7) is 6.39. The van der Waals surface area contributed by atoms with Crippen molar-refractivity contribution in [2.75, 3.05) is 15.9 Å². The number of benzene rings is 2. The second-order valence-corrected chi connectivity index (χ2v) is 9.98. The van der Waals surface area contributed by atoms with Crippen LogP contribution in [-0.4, -0.2) is 26.6 Å². The molecular formula is C21H26N2O3S. The second kappa shape index (κ2) is 7.00. The largest absolute Gasteiger partial charge is 0.322 e. The Morgan fingerprint density at radius 2 is 1.56 bits per heavy atom. The van der Waals surface area contributed by atoms with Crippen molar-refractivity contribution in [1.82, 2.24) is 0 Å². The third-order valence-electron chi connectivity index (χ3n) is 4.63. The molecule has 0 bridgehead atoms. The minimum Gasteiger partial charge on any atom is -0.322 e. The molecule has 0 radical (unpaired) electrons. The number of hydrogen-bond acceptors (Lipinski definition) is 3. The van der Waals surface area contributed by atoms with Crippen molar-refractivity contribution in [2.24, 2.45) is 0 Å². The highest BCUT2D eigenvalue weighted by Crippen LogP contribution is 2.34. The smallest absolute Gasteiger partial charge is 0.255 e. The molecule has 5 nitrogen and oxygen atoms in total. The SMILES string of the molecule is CC(C)(C)c1ccc(C(=O)Nc2ccc(N(C3CC3)S(C)(=O)=O)cc2)cc1. The van der Waals surface area contributed by atoms with Crippen molar-refractivity contribution in [3.8, 4) is 0 Å². The van der Waals surface area contributed by atoms with Gasteiger partial charge in [0.05, 0.1) is 11.9 Å². The molecule has 0 atom stereocenters. The van der Waals surface area contributed by atoms with Gasteiger partial charge in [-0.15, -0.1) is 0 Å². The average molecular weight is 387 g/mol. The molecule has 0 saturated heterocycles. The number of amides is 1. The topological polar surface area (TPSA) is 66.5 Å². The lowest BCUT2D eigenvalue weighted by Crippen LogP contribution is -2.31. The Bertz CT molecular complexity index is 923. The number of nitrogens with zero attached hydrogens (tertiary/aromatic N) is 1. The van der Waals surface area contributed by atoms with E-state index in [1.54, 1.807) is 24.3 Å². The standard InChI is InChI=1S/C21H26N2O3S/c1-21(2,3)16-7-5-15(6-8-16)20(24)22-17-9-11-18(12-10-17)23(19-13-14-19)27(4,25)26/h5-12,19H,13-14H2,1-4H3,(H,22,24). The zero-order valence-electron chi connectivity index (χ0n) is 16.2. The zero-order valence-corrected chi connectivity index (χ0v) is 17.0. The van der Waals surface area contributed by atoms with Gasteiger partial charge in [-0.3, -0.25) is 9.10 Å². The van der Waals surface area contributed by atoms with E-state index in [4.69, 9.17) is 0 Å². The monoisotopic (exact) mass is 386 g/mol. The second-order valence-electron chi connectivity index (χ2n) is 8.12. The highest BCUT2D eigenvalue weighted by Gasteiger charge is 2.35. The Balaban J connectivity index is 1.72. The molecule has 144 valence electrons. The summed E-state index contributed by atoms with van der Waals surface area (Å²) in [5.74, 6) is -0.189. The minimum atomic E-state index is -3.30. The molecule has 0 aromatic heterocycles. The summed E-state index contributed by atoms with van der Waals surface area (Å²) in [5.41, 5.74) is 3.06. The first-order valence-electron chi connectivity index (χ1n) is 9.07.